The maximum atomic E-state index is 12.1. The van der Waals surface area contributed by atoms with E-state index in [1.807, 2.05) is 37.3 Å². The molecule has 0 spiro atoms. The van der Waals surface area contributed by atoms with Gasteiger partial charge < -0.3 is 16.2 Å². The van der Waals surface area contributed by atoms with Crippen molar-refractivity contribution in [3.63, 3.8) is 0 Å². The molecule has 2 unspecified atom stereocenters. The Balaban J connectivity index is 2.68. The van der Waals surface area contributed by atoms with Crippen LogP contribution in [0.25, 0.3) is 0 Å². The van der Waals surface area contributed by atoms with Gasteiger partial charge in [0.1, 0.15) is 0 Å². The first kappa shape index (κ1) is 17.2. The van der Waals surface area contributed by atoms with Crippen molar-refractivity contribution in [3.8, 4) is 0 Å². The molecule has 1 rings (SSSR count). The summed E-state index contributed by atoms with van der Waals surface area (Å²) in [6.45, 7) is 2.05. The van der Waals surface area contributed by atoms with Gasteiger partial charge >= 0.3 is 5.97 Å². The summed E-state index contributed by atoms with van der Waals surface area (Å²) in [5.41, 5.74) is 6.76. The van der Waals surface area contributed by atoms with Crippen LogP contribution < -0.4 is 11.1 Å². The Kier molecular flexibility index (Phi) is 7.46. The lowest BCUT2D eigenvalue weighted by molar-refractivity contribution is -0.137. The molecule has 5 nitrogen and oxygen atoms in total. The van der Waals surface area contributed by atoms with Crippen LogP contribution in [0.4, 0.5) is 0 Å². The minimum absolute atomic E-state index is 0.00401. The number of rotatable bonds is 9. The summed E-state index contributed by atoms with van der Waals surface area (Å²) in [5.74, 6) is -1.09. The third-order valence-electron chi connectivity index (χ3n) is 3.37. The highest BCUT2D eigenvalue weighted by atomic mass is 16.4. The zero-order valence-corrected chi connectivity index (χ0v) is 12.4. The van der Waals surface area contributed by atoms with Crippen molar-refractivity contribution >= 4 is 11.9 Å². The second kappa shape index (κ2) is 9.13. The van der Waals surface area contributed by atoms with Crippen LogP contribution in [0.5, 0.6) is 0 Å². The summed E-state index contributed by atoms with van der Waals surface area (Å²) in [6.07, 6.45) is 2.89. The van der Waals surface area contributed by atoms with E-state index in [1.165, 1.54) is 0 Å². The number of unbranched alkanes of at least 4 members (excludes halogenated alkanes) is 1. The summed E-state index contributed by atoms with van der Waals surface area (Å²) >= 11 is 0. The average Bonchev–Trinajstić information content (AvgIpc) is 2.49. The van der Waals surface area contributed by atoms with Crippen molar-refractivity contribution in [1.82, 2.24) is 5.32 Å². The molecule has 0 fully saturated rings. The van der Waals surface area contributed by atoms with Crippen LogP contribution in [0, 0.1) is 0 Å². The summed E-state index contributed by atoms with van der Waals surface area (Å²) in [7, 11) is 0. The smallest absolute Gasteiger partial charge is 0.303 e. The maximum Gasteiger partial charge on any atom is 0.303 e. The number of nitrogens with two attached hydrogens (primary N) is 1. The van der Waals surface area contributed by atoms with E-state index in [-0.39, 0.29) is 18.4 Å². The SMILES string of the molecule is CCCCC(N)C(=O)NC(CCC(=O)O)c1ccccc1. The van der Waals surface area contributed by atoms with Gasteiger partial charge in [-0.2, -0.15) is 0 Å². The van der Waals surface area contributed by atoms with Crippen LogP contribution in [0.1, 0.15) is 50.6 Å². The van der Waals surface area contributed by atoms with Crippen LogP contribution in [-0.2, 0) is 9.59 Å². The Morgan fingerprint density at radius 2 is 1.90 bits per heavy atom. The molecule has 1 aromatic rings. The molecule has 0 aliphatic heterocycles. The van der Waals surface area contributed by atoms with E-state index in [0.717, 1.165) is 18.4 Å². The van der Waals surface area contributed by atoms with Crippen LogP contribution in [0.15, 0.2) is 30.3 Å². The van der Waals surface area contributed by atoms with Crippen LogP contribution in [0.3, 0.4) is 0 Å². The Bertz CT molecular complexity index is 448. The normalized spacial score (nSPS) is 13.4. The van der Waals surface area contributed by atoms with Gasteiger partial charge in [0.15, 0.2) is 0 Å². The van der Waals surface area contributed by atoms with Gasteiger partial charge in [-0.05, 0) is 18.4 Å². The van der Waals surface area contributed by atoms with E-state index in [2.05, 4.69) is 5.32 Å². The lowest BCUT2D eigenvalue weighted by Gasteiger charge is -2.21. The molecule has 0 radical (unpaired) electrons. The molecule has 0 saturated carbocycles. The molecule has 21 heavy (non-hydrogen) atoms. The Morgan fingerprint density at radius 1 is 1.24 bits per heavy atom. The number of carboxylic acids is 1. The number of carbonyl (C=O) groups is 2. The molecule has 116 valence electrons. The van der Waals surface area contributed by atoms with Gasteiger partial charge in [-0.1, -0.05) is 50.1 Å². The fraction of sp³-hybridized carbons (Fsp3) is 0.500. The van der Waals surface area contributed by atoms with Gasteiger partial charge in [0.25, 0.3) is 0 Å². The third kappa shape index (κ3) is 6.40. The van der Waals surface area contributed by atoms with E-state index in [9.17, 15) is 9.59 Å². The zero-order chi connectivity index (χ0) is 15.7. The van der Waals surface area contributed by atoms with Gasteiger partial charge in [-0.15, -0.1) is 0 Å². The van der Waals surface area contributed by atoms with Crippen LogP contribution in [-0.4, -0.2) is 23.0 Å². The van der Waals surface area contributed by atoms with Crippen molar-refractivity contribution in [1.29, 1.82) is 0 Å². The number of hydrogen-bond donors (Lipinski definition) is 3. The highest BCUT2D eigenvalue weighted by Gasteiger charge is 2.19. The summed E-state index contributed by atoms with van der Waals surface area (Å²) in [5, 5.41) is 11.7. The molecule has 1 aromatic carbocycles. The number of carboxylic acid groups (broad SMARTS) is 1. The quantitative estimate of drug-likeness (QED) is 0.650. The molecule has 0 aliphatic rings. The van der Waals surface area contributed by atoms with Crippen LogP contribution >= 0.6 is 0 Å². The topological polar surface area (TPSA) is 92.4 Å². The maximum absolute atomic E-state index is 12.1. The molecular weight excluding hydrogens is 268 g/mol. The number of amides is 1. The molecule has 0 aromatic heterocycles. The molecule has 4 N–H and O–H groups in total. The molecule has 2 atom stereocenters. The molecular formula is C16H24N2O3. The minimum Gasteiger partial charge on any atom is -0.481 e. The summed E-state index contributed by atoms with van der Waals surface area (Å²) < 4.78 is 0. The Labute approximate surface area is 125 Å². The summed E-state index contributed by atoms with van der Waals surface area (Å²) in [4.78, 5) is 22.9. The zero-order valence-electron chi connectivity index (χ0n) is 12.4. The van der Waals surface area contributed by atoms with Crippen molar-refractivity contribution in [2.45, 2.75) is 51.1 Å². The standard InChI is InChI=1S/C16H24N2O3/c1-2-3-9-13(17)16(21)18-14(10-11-15(19)20)12-7-5-4-6-8-12/h4-8,13-14H,2-3,9-11,17H2,1H3,(H,18,21)(H,19,20). The minimum atomic E-state index is -0.875. The number of benzene rings is 1. The molecule has 0 bridgehead atoms. The lowest BCUT2D eigenvalue weighted by atomic mass is 10.0. The molecule has 1 amide bonds. The van der Waals surface area contributed by atoms with E-state index in [1.54, 1.807) is 0 Å². The Hall–Kier alpha value is -1.88. The third-order valence-corrected chi connectivity index (χ3v) is 3.37. The van der Waals surface area contributed by atoms with E-state index >= 15 is 0 Å². The van der Waals surface area contributed by atoms with Gasteiger partial charge in [0.2, 0.25) is 5.91 Å². The molecule has 0 heterocycles. The summed E-state index contributed by atoms with van der Waals surface area (Å²) in [6, 6.07) is 8.52. The van der Waals surface area contributed by atoms with Gasteiger partial charge in [-0.25, -0.2) is 0 Å². The molecule has 5 heteroatoms. The molecule has 0 aliphatic carbocycles. The highest BCUT2D eigenvalue weighted by molar-refractivity contribution is 5.82. The van der Waals surface area contributed by atoms with Gasteiger partial charge in [-0.3, -0.25) is 9.59 Å². The van der Waals surface area contributed by atoms with Crippen molar-refractivity contribution in [3.05, 3.63) is 35.9 Å². The van der Waals surface area contributed by atoms with Gasteiger partial charge in [0, 0.05) is 6.42 Å². The van der Waals surface area contributed by atoms with Crippen molar-refractivity contribution in [2.24, 2.45) is 5.73 Å². The predicted molar refractivity (Wildman–Crippen MR) is 81.7 cm³/mol. The highest BCUT2D eigenvalue weighted by Crippen LogP contribution is 2.18. The largest absolute Gasteiger partial charge is 0.481 e. The number of carbonyl (C=O) groups excluding carboxylic acids is 1. The number of nitrogens with one attached hydrogen (secondary N) is 1. The average molecular weight is 292 g/mol. The number of aliphatic carboxylic acids is 1. The Morgan fingerprint density at radius 3 is 2.48 bits per heavy atom. The second-order valence-corrected chi connectivity index (χ2v) is 5.15. The van der Waals surface area contributed by atoms with Gasteiger partial charge in [0.05, 0.1) is 12.1 Å². The van der Waals surface area contributed by atoms with E-state index < -0.39 is 12.0 Å². The van der Waals surface area contributed by atoms with E-state index in [0.29, 0.717) is 12.8 Å². The fourth-order valence-corrected chi connectivity index (χ4v) is 2.11. The van der Waals surface area contributed by atoms with E-state index in [4.69, 9.17) is 10.8 Å². The second-order valence-electron chi connectivity index (χ2n) is 5.15. The first-order valence-corrected chi connectivity index (χ1v) is 7.37. The predicted octanol–water partition coefficient (Wildman–Crippen LogP) is 2.23. The van der Waals surface area contributed by atoms with Crippen molar-refractivity contribution < 1.29 is 14.7 Å². The van der Waals surface area contributed by atoms with Crippen molar-refractivity contribution in [2.75, 3.05) is 0 Å². The molecule has 0 saturated heterocycles. The van der Waals surface area contributed by atoms with Crippen LogP contribution in [0.2, 0.25) is 0 Å². The fourth-order valence-electron chi connectivity index (χ4n) is 2.11. The lowest BCUT2D eigenvalue weighted by Crippen LogP contribution is -2.42. The first-order chi connectivity index (χ1) is 10.0. The first-order valence-electron chi connectivity index (χ1n) is 7.37. The number of hydrogen-bond acceptors (Lipinski definition) is 3. The monoisotopic (exact) mass is 292 g/mol.